The smallest absolute Gasteiger partial charge is 0.412 e. The Morgan fingerprint density at radius 3 is 2.47 bits per heavy atom. The van der Waals surface area contributed by atoms with Crippen molar-refractivity contribution >= 4 is 23.3 Å². The van der Waals surface area contributed by atoms with Crippen LogP contribution in [0.15, 0.2) is 48.7 Å². The highest BCUT2D eigenvalue weighted by atomic mass is 16.5. The van der Waals surface area contributed by atoms with Crippen LogP contribution < -0.4 is 10.2 Å². The maximum absolute atomic E-state index is 11.0. The van der Waals surface area contributed by atoms with E-state index in [1.54, 1.807) is 12.3 Å². The normalized spacial score (nSPS) is 9.79. The van der Waals surface area contributed by atoms with Gasteiger partial charge >= 0.3 is 6.09 Å². The number of amides is 1. The Morgan fingerprint density at radius 2 is 1.89 bits per heavy atom. The third kappa shape index (κ3) is 3.22. The molecule has 5 heteroatoms. The number of nitrogens with one attached hydrogen (secondary N) is 1. The van der Waals surface area contributed by atoms with Gasteiger partial charge in [0.25, 0.3) is 0 Å². The van der Waals surface area contributed by atoms with Crippen molar-refractivity contribution in [1.29, 1.82) is 0 Å². The second-order valence-electron chi connectivity index (χ2n) is 3.91. The van der Waals surface area contributed by atoms with Crippen molar-refractivity contribution in [1.82, 2.24) is 4.98 Å². The van der Waals surface area contributed by atoms with Gasteiger partial charge in [-0.1, -0.05) is 18.2 Å². The van der Waals surface area contributed by atoms with Crippen molar-refractivity contribution in [2.24, 2.45) is 0 Å². The van der Waals surface area contributed by atoms with E-state index in [-0.39, 0.29) is 0 Å². The number of benzene rings is 1. The highest BCUT2D eigenvalue weighted by molar-refractivity contribution is 5.83. The van der Waals surface area contributed by atoms with Crippen molar-refractivity contribution in [3.8, 4) is 0 Å². The Kier molecular flexibility index (Phi) is 3.97. The van der Waals surface area contributed by atoms with Crippen LogP contribution in [0.3, 0.4) is 0 Å². The van der Waals surface area contributed by atoms with Crippen LogP contribution in [0.1, 0.15) is 0 Å². The molecular formula is C14H15N3O2. The molecule has 0 aliphatic heterocycles. The number of carbonyl (C=O) groups excluding carboxylic acids is 1. The quantitative estimate of drug-likeness (QED) is 0.918. The van der Waals surface area contributed by atoms with E-state index in [2.05, 4.69) is 15.0 Å². The minimum Gasteiger partial charge on any atom is -0.453 e. The molecule has 1 amide bonds. The summed E-state index contributed by atoms with van der Waals surface area (Å²) in [6.45, 7) is 0. The van der Waals surface area contributed by atoms with Gasteiger partial charge in [-0.05, 0) is 24.3 Å². The fraction of sp³-hybridized carbons (Fsp3) is 0.143. The summed E-state index contributed by atoms with van der Waals surface area (Å²) in [5, 5.41) is 2.51. The van der Waals surface area contributed by atoms with Crippen LogP contribution in [0, 0.1) is 0 Å². The van der Waals surface area contributed by atoms with E-state index in [0.29, 0.717) is 5.82 Å². The molecular weight excluding hydrogens is 242 g/mol. The highest BCUT2D eigenvalue weighted by Gasteiger charge is 2.05. The van der Waals surface area contributed by atoms with Gasteiger partial charge in [0.15, 0.2) is 0 Å². The summed E-state index contributed by atoms with van der Waals surface area (Å²) < 4.78 is 4.50. The molecule has 2 rings (SSSR count). The molecule has 0 saturated heterocycles. The minimum atomic E-state index is -0.531. The van der Waals surface area contributed by atoms with Gasteiger partial charge in [-0.15, -0.1) is 0 Å². The summed E-state index contributed by atoms with van der Waals surface area (Å²) in [6.07, 6.45) is 1.16. The zero-order chi connectivity index (χ0) is 13.7. The van der Waals surface area contributed by atoms with Crippen molar-refractivity contribution in [3.63, 3.8) is 0 Å². The monoisotopic (exact) mass is 257 g/mol. The summed E-state index contributed by atoms with van der Waals surface area (Å²) in [5.74, 6) is 0.456. The van der Waals surface area contributed by atoms with Gasteiger partial charge in [-0.25, -0.2) is 9.78 Å². The van der Waals surface area contributed by atoms with Crippen LogP contribution >= 0.6 is 0 Å². The summed E-state index contributed by atoms with van der Waals surface area (Å²) in [7, 11) is 3.27. The van der Waals surface area contributed by atoms with E-state index >= 15 is 0 Å². The maximum Gasteiger partial charge on any atom is 0.412 e. The van der Waals surface area contributed by atoms with Crippen LogP contribution in [0.2, 0.25) is 0 Å². The van der Waals surface area contributed by atoms with E-state index < -0.39 is 6.09 Å². The molecule has 0 bridgehead atoms. The van der Waals surface area contributed by atoms with E-state index in [9.17, 15) is 4.79 Å². The van der Waals surface area contributed by atoms with Gasteiger partial charge in [0.05, 0.1) is 19.0 Å². The van der Waals surface area contributed by atoms with E-state index in [4.69, 9.17) is 0 Å². The Labute approximate surface area is 111 Å². The number of para-hydroxylation sites is 1. The fourth-order valence-electron chi connectivity index (χ4n) is 1.61. The average molecular weight is 257 g/mol. The molecule has 1 N–H and O–H groups in total. The predicted molar refractivity (Wildman–Crippen MR) is 74.8 cm³/mol. The van der Waals surface area contributed by atoms with Crippen molar-refractivity contribution < 1.29 is 9.53 Å². The second-order valence-corrected chi connectivity index (χ2v) is 3.91. The summed E-state index contributed by atoms with van der Waals surface area (Å²) in [5.41, 5.74) is 2.00. The molecule has 98 valence electrons. The number of pyridine rings is 1. The molecule has 0 unspecified atom stereocenters. The molecule has 0 radical (unpaired) electrons. The zero-order valence-electron chi connectivity index (χ0n) is 10.8. The highest BCUT2D eigenvalue weighted by Crippen LogP contribution is 2.22. The number of rotatable bonds is 3. The zero-order valence-corrected chi connectivity index (χ0v) is 10.8. The van der Waals surface area contributed by atoms with Gasteiger partial charge in [0, 0.05) is 12.7 Å². The average Bonchev–Trinajstić information content (AvgIpc) is 2.48. The Hall–Kier alpha value is -2.56. The van der Waals surface area contributed by atoms with Gasteiger partial charge in [-0.3, -0.25) is 5.32 Å². The number of methoxy groups -OCH3 is 1. The topological polar surface area (TPSA) is 54.5 Å². The number of hydrogen-bond acceptors (Lipinski definition) is 4. The lowest BCUT2D eigenvalue weighted by Gasteiger charge is -2.19. The van der Waals surface area contributed by atoms with Crippen LogP contribution in [-0.2, 0) is 4.74 Å². The molecule has 0 aliphatic carbocycles. The Balaban J connectivity index is 2.12. The first-order valence-electron chi connectivity index (χ1n) is 5.80. The molecule has 0 fully saturated rings. The van der Waals surface area contributed by atoms with Crippen molar-refractivity contribution in [2.75, 3.05) is 24.4 Å². The number of aromatic nitrogens is 1. The lowest BCUT2D eigenvalue weighted by Crippen LogP contribution is -2.13. The lowest BCUT2D eigenvalue weighted by molar-refractivity contribution is 0.187. The van der Waals surface area contributed by atoms with Crippen molar-refractivity contribution in [3.05, 3.63) is 48.7 Å². The first-order valence-corrected chi connectivity index (χ1v) is 5.80. The summed E-state index contributed by atoms with van der Waals surface area (Å²) in [4.78, 5) is 17.2. The van der Waals surface area contributed by atoms with Crippen LogP contribution in [-0.4, -0.2) is 25.2 Å². The lowest BCUT2D eigenvalue weighted by atomic mass is 10.2. The van der Waals surface area contributed by atoms with E-state index in [1.807, 2.05) is 48.3 Å². The maximum atomic E-state index is 11.0. The molecule has 0 saturated carbocycles. The third-order valence-electron chi connectivity index (χ3n) is 2.69. The number of hydrogen-bond donors (Lipinski definition) is 1. The molecule has 0 spiro atoms. The SMILES string of the molecule is COC(=O)Nc1ccc(N(C)c2ccccc2)cn1. The van der Waals surface area contributed by atoms with Gasteiger partial charge in [0.1, 0.15) is 5.82 Å². The standard InChI is InChI=1S/C14H15N3O2/c1-17(11-6-4-3-5-7-11)12-8-9-13(15-10-12)16-14(18)19-2/h3-10H,1-2H3,(H,15,16,18). The first-order chi connectivity index (χ1) is 9.20. The third-order valence-corrected chi connectivity index (χ3v) is 2.69. The summed E-state index contributed by atoms with van der Waals surface area (Å²) in [6, 6.07) is 13.6. The molecule has 1 aromatic carbocycles. The number of ether oxygens (including phenoxy) is 1. The van der Waals surface area contributed by atoms with Gasteiger partial charge in [0.2, 0.25) is 0 Å². The van der Waals surface area contributed by atoms with Crippen LogP contribution in [0.25, 0.3) is 0 Å². The molecule has 2 aromatic rings. The van der Waals surface area contributed by atoms with Gasteiger partial charge in [-0.2, -0.15) is 0 Å². The number of anilines is 3. The summed E-state index contributed by atoms with van der Waals surface area (Å²) >= 11 is 0. The predicted octanol–water partition coefficient (Wildman–Crippen LogP) is 3.03. The van der Waals surface area contributed by atoms with Crippen molar-refractivity contribution in [2.45, 2.75) is 0 Å². The molecule has 19 heavy (non-hydrogen) atoms. The second kappa shape index (κ2) is 5.86. The van der Waals surface area contributed by atoms with Gasteiger partial charge < -0.3 is 9.64 Å². The van der Waals surface area contributed by atoms with E-state index in [1.165, 1.54) is 7.11 Å². The number of carbonyl (C=O) groups is 1. The molecule has 1 aromatic heterocycles. The molecule has 5 nitrogen and oxygen atoms in total. The fourth-order valence-corrected chi connectivity index (χ4v) is 1.61. The minimum absolute atomic E-state index is 0.456. The Bertz CT molecular complexity index is 540. The van der Waals surface area contributed by atoms with E-state index in [0.717, 1.165) is 11.4 Å². The Morgan fingerprint density at radius 1 is 1.16 bits per heavy atom. The molecule has 1 heterocycles. The van der Waals surface area contributed by atoms with Crippen LogP contribution in [0.4, 0.5) is 22.0 Å². The first kappa shape index (κ1) is 12.9. The molecule has 0 aliphatic rings. The van der Waals surface area contributed by atoms with Crippen LogP contribution in [0.5, 0.6) is 0 Å². The largest absolute Gasteiger partial charge is 0.453 e. The number of nitrogens with zero attached hydrogens (tertiary/aromatic N) is 2. The molecule has 0 atom stereocenters.